The summed E-state index contributed by atoms with van der Waals surface area (Å²) in [5, 5.41) is 11.0. The first-order valence-electron chi connectivity index (χ1n) is 5.30. The Morgan fingerprint density at radius 1 is 1.39 bits per heavy atom. The van der Waals surface area contributed by atoms with Gasteiger partial charge in [0.2, 0.25) is 0 Å². The number of hydrogen-bond donors (Lipinski definition) is 1. The maximum Gasteiger partial charge on any atom is 0.139 e. The number of hydrogen-bond acceptors (Lipinski definition) is 3. The zero-order valence-electron chi connectivity index (χ0n) is 9.91. The number of ether oxygens (including phenoxy) is 1. The highest BCUT2D eigenvalue weighted by Crippen LogP contribution is 2.39. The average molecular weight is 348 g/mol. The van der Waals surface area contributed by atoms with Crippen LogP contribution in [0.3, 0.4) is 0 Å². The van der Waals surface area contributed by atoms with Crippen LogP contribution >= 0.6 is 38.9 Å². The number of benzene rings is 1. The molecule has 2 aromatic rings. The summed E-state index contributed by atoms with van der Waals surface area (Å²) in [6.07, 6.45) is -0.728. The van der Waals surface area contributed by atoms with E-state index in [0.717, 1.165) is 14.2 Å². The third-order valence-electron chi connectivity index (χ3n) is 2.57. The lowest BCUT2D eigenvalue weighted by atomic mass is 10.1. The summed E-state index contributed by atoms with van der Waals surface area (Å²) >= 11 is 11.0. The van der Waals surface area contributed by atoms with Crippen molar-refractivity contribution in [1.82, 2.24) is 0 Å². The van der Waals surface area contributed by atoms with E-state index in [-0.39, 0.29) is 0 Å². The van der Waals surface area contributed by atoms with Crippen molar-refractivity contribution in [2.24, 2.45) is 0 Å². The van der Waals surface area contributed by atoms with Gasteiger partial charge >= 0.3 is 0 Å². The predicted octanol–water partition coefficient (Wildman–Crippen LogP) is 4.56. The molecular weight excluding hydrogens is 336 g/mol. The predicted molar refractivity (Wildman–Crippen MR) is 78.8 cm³/mol. The molecule has 0 radical (unpaired) electrons. The molecule has 0 bridgehead atoms. The molecule has 0 aliphatic carbocycles. The fraction of sp³-hybridized carbons (Fsp3) is 0.231. The average Bonchev–Trinajstić information content (AvgIpc) is 2.74. The van der Waals surface area contributed by atoms with Crippen molar-refractivity contribution < 1.29 is 9.84 Å². The molecule has 1 heterocycles. The Bertz CT molecular complexity index is 568. The fourth-order valence-electron chi connectivity index (χ4n) is 1.75. The third kappa shape index (κ3) is 2.72. The highest BCUT2D eigenvalue weighted by molar-refractivity contribution is 9.10. The van der Waals surface area contributed by atoms with Crippen molar-refractivity contribution >= 4 is 38.9 Å². The standard InChI is InChI=1S/C13H12BrClO2S/c1-7-3-4-11(18-7)12(16)9-5-8(15)6-10(14)13(9)17-2/h3-6,12,16H,1-2H3. The van der Waals surface area contributed by atoms with Gasteiger partial charge in [0.1, 0.15) is 11.9 Å². The minimum Gasteiger partial charge on any atom is -0.495 e. The summed E-state index contributed by atoms with van der Waals surface area (Å²) in [7, 11) is 1.57. The van der Waals surface area contributed by atoms with Crippen LogP contribution in [0.15, 0.2) is 28.7 Å². The van der Waals surface area contributed by atoms with Crippen LogP contribution in [0.25, 0.3) is 0 Å². The Morgan fingerprint density at radius 2 is 2.11 bits per heavy atom. The van der Waals surface area contributed by atoms with E-state index in [2.05, 4.69) is 15.9 Å². The van der Waals surface area contributed by atoms with Crippen molar-refractivity contribution in [1.29, 1.82) is 0 Å². The van der Waals surface area contributed by atoms with Crippen LogP contribution in [-0.4, -0.2) is 12.2 Å². The van der Waals surface area contributed by atoms with E-state index >= 15 is 0 Å². The maximum absolute atomic E-state index is 10.4. The van der Waals surface area contributed by atoms with Crippen molar-refractivity contribution in [3.05, 3.63) is 49.1 Å². The molecule has 1 aromatic carbocycles. The molecule has 5 heteroatoms. The molecule has 0 aliphatic heterocycles. The second-order valence-electron chi connectivity index (χ2n) is 3.86. The summed E-state index contributed by atoms with van der Waals surface area (Å²) in [4.78, 5) is 2.03. The Balaban J connectivity index is 2.49. The van der Waals surface area contributed by atoms with E-state index < -0.39 is 6.10 Å². The van der Waals surface area contributed by atoms with Crippen LogP contribution in [0.5, 0.6) is 5.75 Å². The van der Waals surface area contributed by atoms with Gasteiger partial charge in [0, 0.05) is 20.3 Å². The van der Waals surface area contributed by atoms with Gasteiger partial charge in [-0.15, -0.1) is 11.3 Å². The fourth-order valence-corrected chi connectivity index (χ4v) is 3.63. The largest absolute Gasteiger partial charge is 0.495 e. The van der Waals surface area contributed by atoms with Gasteiger partial charge in [-0.05, 0) is 47.1 Å². The van der Waals surface area contributed by atoms with E-state index in [4.69, 9.17) is 16.3 Å². The molecule has 1 aromatic heterocycles. The molecule has 0 saturated carbocycles. The lowest BCUT2D eigenvalue weighted by Crippen LogP contribution is -2.01. The first-order valence-corrected chi connectivity index (χ1v) is 7.29. The minimum absolute atomic E-state index is 0.560. The van der Waals surface area contributed by atoms with E-state index in [0.29, 0.717) is 16.3 Å². The van der Waals surface area contributed by atoms with Crippen LogP contribution in [0, 0.1) is 6.92 Å². The number of methoxy groups -OCH3 is 1. The van der Waals surface area contributed by atoms with E-state index in [1.54, 1.807) is 30.6 Å². The van der Waals surface area contributed by atoms with Crippen molar-refractivity contribution in [3.8, 4) is 5.75 Å². The highest BCUT2D eigenvalue weighted by Gasteiger charge is 2.19. The number of aliphatic hydroxyl groups excluding tert-OH is 1. The lowest BCUT2D eigenvalue weighted by molar-refractivity contribution is 0.218. The van der Waals surface area contributed by atoms with Gasteiger partial charge in [-0.25, -0.2) is 0 Å². The van der Waals surface area contributed by atoms with Crippen LogP contribution in [0.1, 0.15) is 21.4 Å². The molecule has 0 fully saturated rings. The molecule has 96 valence electrons. The smallest absolute Gasteiger partial charge is 0.139 e. The Kier molecular flexibility index (Phi) is 4.33. The number of rotatable bonds is 3. The maximum atomic E-state index is 10.4. The zero-order chi connectivity index (χ0) is 13.3. The number of aliphatic hydroxyl groups is 1. The van der Waals surface area contributed by atoms with Crippen molar-refractivity contribution in [2.45, 2.75) is 13.0 Å². The molecular formula is C13H12BrClO2S. The summed E-state index contributed by atoms with van der Waals surface area (Å²) < 4.78 is 6.06. The summed E-state index contributed by atoms with van der Waals surface area (Å²) in [6, 6.07) is 7.37. The zero-order valence-corrected chi connectivity index (χ0v) is 13.1. The lowest BCUT2D eigenvalue weighted by Gasteiger charge is -2.15. The topological polar surface area (TPSA) is 29.5 Å². The molecule has 18 heavy (non-hydrogen) atoms. The van der Waals surface area contributed by atoms with Gasteiger partial charge in [-0.2, -0.15) is 0 Å². The van der Waals surface area contributed by atoms with E-state index in [1.807, 2.05) is 19.1 Å². The van der Waals surface area contributed by atoms with E-state index in [9.17, 15) is 5.11 Å². The highest BCUT2D eigenvalue weighted by atomic mass is 79.9. The Labute approximate surface area is 123 Å². The van der Waals surface area contributed by atoms with Crippen LogP contribution in [-0.2, 0) is 0 Å². The minimum atomic E-state index is -0.728. The van der Waals surface area contributed by atoms with Gasteiger partial charge in [-0.3, -0.25) is 0 Å². The van der Waals surface area contributed by atoms with Gasteiger partial charge in [0.05, 0.1) is 11.6 Å². The van der Waals surface area contributed by atoms with Gasteiger partial charge in [0.25, 0.3) is 0 Å². The second-order valence-corrected chi connectivity index (χ2v) is 6.47. The molecule has 2 nitrogen and oxygen atoms in total. The molecule has 1 N–H and O–H groups in total. The van der Waals surface area contributed by atoms with Gasteiger partial charge in [0.15, 0.2) is 0 Å². The van der Waals surface area contributed by atoms with Gasteiger partial charge < -0.3 is 9.84 Å². The molecule has 1 atom stereocenters. The molecule has 0 spiro atoms. The monoisotopic (exact) mass is 346 g/mol. The van der Waals surface area contributed by atoms with Crippen molar-refractivity contribution in [2.75, 3.05) is 7.11 Å². The Morgan fingerprint density at radius 3 is 2.67 bits per heavy atom. The first kappa shape index (κ1) is 13.9. The molecule has 2 rings (SSSR count). The van der Waals surface area contributed by atoms with Gasteiger partial charge in [-0.1, -0.05) is 11.6 Å². The SMILES string of the molecule is COc1c(Br)cc(Cl)cc1C(O)c1ccc(C)s1. The third-order valence-corrected chi connectivity index (χ3v) is 4.43. The second kappa shape index (κ2) is 5.61. The number of halogens is 2. The van der Waals surface area contributed by atoms with Crippen LogP contribution in [0.2, 0.25) is 5.02 Å². The van der Waals surface area contributed by atoms with Crippen LogP contribution < -0.4 is 4.74 Å². The summed E-state index contributed by atoms with van der Waals surface area (Å²) in [6.45, 7) is 2.01. The number of aryl methyl sites for hydroxylation is 1. The molecule has 0 amide bonds. The normalized spacial score (nSPS) is 12.5. The van der Waals surface area contributed by atoms with Crippen LogP contribution in [0.4, 0.5) is 0 Å². The summed E-state index contributed by atoms with van der Waals surface area (Å²) in [5.74, 6) is 0.609. The quantitative estimate of drug-likeness (QED) is 0.882. The van der Waals surface area contributed by atoms with E-state index in [1.165, 1.54) is 0 Å². The first-order chi connectivity index (χ1) is 8.52. The van der Waals surface area contributed by atoms with Crippen molar-refractivity contribution in [3.63, 3.8) is 0 Å². The molecule has 1 unspecified atom stereocenters. The molecule has 0 saturated heterocycles. The number of thiophene rings is 1. The Hall–Kier alpha value is -0.550. The molecule has 0 aliphatic rings. The summed E-state index contributed by atoms with van der Waals surface area (Å²) in [5.41, 5.74) is 0.665.